The van der Waals surface area contributed by atoms with Gasteiger partial charge in [-0.25, -0.2) is 19.2 Å². The van der Waals surface area contributed by atoms with Crippen molar-refractivity contribution in [1.29, 1.82) is 0 Å². The number of halogens is 1. The largest absolute Gasteiger partial charge is 0.542 e. The molecule has 0 amide bonds. The Balaban J connectivity index is 1.75. The summed E-state index contributed by atoms with van der Waals surface area (Å²) in [5.74, 6) is -1.13. The minimum Gasteiger partial charge on any atom is -0.542 e. The van der Waals surface area contributed by atoms with E-state index in [1.54, 1.807) is 24.3 Å². The van der Waals surface area contributed by atoms with Gasteiger partial charge in [0.15, 0.2) is 11.6 Å². The maximum Gasteiger partial charge on any atom is 0.352 e. The molecule has 4 aromatic rings. The van der Waals surface area contributed by atoms with Crippen molar-refractivity contribution in [3.05, 3.63) is 99.9 Å². The Bertz CT molecular complexity index is 1480. The standard InChI is InChI=1S/C30H32FN3O3SSi/c1-30(2,3)39(4,5)37-26-15-9-14-22(27(26)31)25-19-32-28(23(33-25)17-20-11-7-6-8-12-20)34-24(29(35)36)18-21-13-10-16-38-21/h6-16,18-19H,17H2,1-5H3,(H,32,34)(H,35,36)/b24-18-. The van der Waals surface area contributed by atoms with Crippen LogP contribution in [0, 0.1) is 5.82 Å². The van der Waals surface area contributed by atoms with Crippen LogP contribution < -0.4 is 9.74 Å². The number of hydrogen-bond donors (Lipinski definition) is 2. The number of aliphatic carboxylic acids is 1. The third kappa shape index (κ3) is 6.79. The molecule has 0 bridgehead atoms. The lowest BCUT2D eigenvalue weighted by Crippen LogP contribution is -2.44. The highest BCUT2D eigenvalue weighted by Crippen LogP contribution is 2.39. The molecule has 0 saturated heterocycles. The van der Waals surface area contributed by atoms with Gasteiger partial charge in [0.1, 0.15) is 11.4 Å². The monoisotopic (exact) mass is 561 g/mol. The molecule has 2 N–H and O–H groups in total. The quantitative estimate of drug-likeness (QED) is 0.160. The Labute approximate surface area is 233 Å². The summed E-state index contributed by atoms with van der Waals surface area (Å²) in [5.41, 5.74) is 2.02. The van der Waals surface area contributed by atoms with Crippen molar-refractivity contribution >= 4 is 37.5 Å². The summed E-state index contributed by atoms with van der Waals surface area (Å²) in [6, 6.07) is 18.4. The summed E-state index contributed by atoms with van der Waals surface area (Å²) in [5, 5.41) is 14.5. The van der Waals surface area contributed by atoms with Gasteiger partial charge in [-0.05, 0) is 53.4 Å². The highest BCUT2D eigenvalue weighted by Gasteiger charge is 2.39. The molecule has 0 spiro atoms. The number of benzene rings is 2. The van der Waals surface area contributed by atoms with E-state index in [1.807, 2.05) is 47.8 Å². The van der Waals surface area contributed by atoms with Crippen molar-refractivity contribution in [2.75, 3.05) is 5.32 Å². The molecule has 0 unspecified atom stereocenters. The fourth-order valence-electron chi connectivity index (χ4n) is 3.58. The van der Waals surface area contributed by atoms with Crippen molar-refractivity contribution in [2.45, 2.75) is 45.3 Å². The molecule has 6 nitrogen and oxygen atoms in total. The van der Waals surface area contributed by atoms with Gasteiger partial charge in [0, 0.05) is 16.9 Å². The van der Waals surface area contributed by atoms with Gasteiger partial charge >= 0.3 is 5.97 Å². The van der Waals surface area contributed by atoms with E-state index in [-0.39, 0.29) is 22.0 Å². The van der Waals surface area contributed by atoms with E-state index < -0.39 is 20.1 Å². The first kappa shape index (κ1) is 28.2. The smallest absolute Gasteiger partial charge is 0.352 e. The minimum absolute atomic E-state index is 0.0373. The molecule has 0 aliphatic carbocycles. The highest BCUT2D eigenvalue weighted by atomic mass is 32.1. The topological polar surface area (TPSA) is 84.3 Å². The average Bonchev–Trinajstić information content (AvgIpc) is 3.39. The van der Waals surface area contributed by atoms with Crippen molar-refractivity contribution in [1.82, 2.24) is 9.97 Å². The van der Waals surface area contributed by atoms with E-state index in [2.05, 4.69) is 44.2 Å². The van der Waals surface area contributed by atoms with E-state index >= 15 is 4.39 Å². The fourth-order valence-corrected chi connectivity index (χ4v) is 5.25. The van der Waals surface area contributed by atoms with E-state index in [0.717, 1.165) is 10.4 Å². The number of nitrogens with zero attached hydrogens (tertiary/aromatic N) is 2. The number of hydrogen-bond acceptors (Lipinski definition) is 6. The van der Waals surface area contributed by atoms with Crippen LogP contribution in [-0.4, -0.2) is 29.4 Å². The lowest BCUT2D eigenvalue weighted by Gasteiger charge is -2.36. The Kier molecular flexibility index (Phi) is 8.32. The second-order valence-corrected chi connectivity index (χ2v) is 16.4. The van der Waals surface area contributed by atoms with Crippen molar-refractivity contribution in [3.63, 3.8) is 0 Å². The van der Waals surface area contributed by atoms with Crippen LogP contribution in [0.3, 0.4) is 0 Å². The first-order valence-electron chi connectivity index (χ1n) is 12.6. The van der Waals surface area contributed by atoms with Crippen LogP contribution in [0.5, 0.6) is 5.75 Å². The normalized spacial score (nSPS) is 12.3. The second-order valence-electron chi connectivity index (χ2n) is 10.7. The van der Waals surface area contributed by atoms with Crippen LogP contribution in [0.25, 0.3) is 17.3 Å². The molecule has 2 heterocycles. The Morgan fingerprint density at radius 2 is 1.85 bits per heavy atom. The molecule has 0 saturated carbocycles. The van der Waals surface area contributed by atoms with Crippen LogP contribution in [0.15, 0.2) is 77.9 Å². The van der Waals surface area contributed by atoms with Gasteiger partial charge in [-0.2, -0.15) is 0 Å². The number of aromatic nitrogens is 2. The van der Waals surface area contributed by atoms with Crippen LogP contribution in [0.1, 0.15) is 36.9 Å². The summed E-state index contributed by atoms with van der Waals surface area (Å²) in [7, 11) is -2.28. The molecule has 202 valence electrons. The Morgan fingerprint density at radius 1 is 1.10 bits per heavy atom. The van der Waals surface area contributed by atoms with E-state index in [9.17, 15) is 9.90 Å². The maximum atomic E-state index is 15.8. The third-order valence-electron chi connectivity index (χ3n) is 6.78. The summed E-state index contributed by atoms with van der Waals surface area (Å²) >= 11 is 1.43. The van der Waals surface area contributed by atoms with Gasteiger partial charge in [0.2, 0.25) is 0 Å². The minimum atomic E-state index is -2.28. The fraction of sp³-hybridized carbons (Fsp3) is 0.233. The molecule has 0 fully saturated rings. The van der Waals surface area contributed by atoms with E-state index in [0.29, 0.717) is 23.6 Å². The summed E-state index contributed by atoms with van der Waals surface area (Å²) in [6.45, 7) is 10.5. The molecular weight excluding hydrogens is 529 g/mol. The van der Waals surface area contributed by atoms with Crippen molar-refractivity contribution < 1.29 is 18.7 Å². The van der Waals surface area contributed by atoms with Crippen molar-refractivity contribution in [2.24, 2.45) is 0 Å². The first-order valence-corrected chi connectivity index (χ1v) is 16.4. The summed E-state index contributed by atoms with van der Waals surface area (Å²) in [6.07, 6.45) is 3.38. The van der Waals surface area contributed by atoms with Crippen LogP contribution in [-0.2, 0) is 11.2 Å². The SMILES string of the molecule is CC(C)(C)[Si](C)(C)Oc1cccc(-c2cnc(N/C(=C\c3cccs3)C(=O)O)c(Cc3ccccc3)n2)c1F. The lowest BCUT2D eigenvalue weighted by atomic mass is 10.1. The maximum absolute atomic E-state index is 15.8. The Hall–Kier alpha value is -3.82. The van der Waals surface area contributed by atoms with E-state index in [4.69, 9.17) is 9.41 Å². The molecule has 0 aliphatic rings. The van der Waals surface area contributed by atoms with Crippen molar-refractivity contribution in [3.8, 4) is 17.0 Å². The molecule has 0 radical (unpaired) electrons. The van der Waals surface area contributed by atoms with E-state index in [1.165, 1.54) is 17.5 Å². The van der Waals surface area contributed by atoms with Crippen LogP contribution in [0.4, 0.5) is 10.2 Å². The number of rotatable bonds is 9. The number of thiophene rings is 1. The predicted molar refractivity (Wildman–Crippen MR) is 158 cm³/mol. The summed E-state index contributed by atoms with van der Waals surface area (Å²) < 4.78 is 22.1. The third-order valence-corrected chi connectivity index (χ3v) is 11.9. The molecule has 4 rings (SSSR count). The number of carbonyl (C=O) groups is 1. The van der Waals surface area contributed by atoms with Gasteiger partial charge in [0.25, 0.3) is 8.32 Å². The van der Waals surface area contributed by atoms with Crippen LogP contribution >= 0.6 is 11.3 Å². The number of anilines is 1. The molecule has 0 atom stereocenters. The number of nitrogens with one attached hydrogen (secondary N) is 1. The van der Waals surface area contributed by atoms with Crippen LogP contribution in [0.2, 0.25) is 18.1 Å². The molecule has 39 heavy (non-hydrogen) atoms. The molecule has 9 heteroatoms. The van der Waals surface area contributed by atoms with Gasteiger partial charge in [-0.15, -0.1) is 11.3 Å². The number of carboxylic acid groups (broad SMARTS) is 1. The van der Waals surface area contributed by atoms with Gasteiger partial charge < -0.3 is 14.8 Å². The molecule has 2 aromatic carbocycles. The zero-order valence-corrected chi connectivity index (χ0v) is 24.5. The predicted octanol–water partition coefficient (Wildman–Crippen LogP) is 7.86. The lowest BCUT2D eigenvalue weighted by molar-refractivity contribution is -0.132. The first-order chi connectivity index (χ1) is 18.4. The average molecular weight is 562 g/mol. The zero-order valence-electron chi connectivity index (χ0n) is 22.7. The molecule has 0 aliphatic heterocycles. The van der Waals surface area contributed by atoms with Gasteiger partial charge in [-0.3, -0.25) is 0 Å². The Morgan fingerprint density at radius 3 is 2.49 bits per heavy atom. The summed E-state index contributed by atoms with van der Waals surface area (Å²) in [4.78, 5) is 22.1. The number of carboxylic acids is 1. The molecular formula is C30H32FN3O3SSi. The second kappa shape index (κ2) is 11.5. The molecule has 2 aromatic heterocycles. The van der Waals surface area contributed by atoms with Gasteiger partial charge in [-0.1, -0.05) is 63.2 Å². The van der Waals surface area contributed by atoms with Gasteiger partial charge in [0.05, 0.1) is 17.6 Å². The highest BCUT2D eigenvalue weighted by molar-refractivity contribution is 7.10. The zero-order chi connectivity index (χ0) is 28.2.